The first-order chi connectivity index (χ1) is 15.6. The van der Waals surface area contributed by atoms with E-state index in [1.165, 1.54) is 24.3 Å². The number of sulfonamides is 1. The van der Waals surface area contributed by atoms with Gasteiger partial charge in [-0.15, -0.1) is 0 Å². The number of benzene rings is 2. The summed E-state index contributed by atoms with van der Waals surface area (Å²) in [5.74, 6) is -1.49. The molecule has 6 nitrogen and oxygen atoms in total. The fourth-order valence-corrected chi connectivity index (χ4v) is 4.78. The Kier molecular flexibility index (Phi) is 6.72. The van der Waals surface area contributed by atoms with Crippen molar-refractivity contribution in [1.82, 2.24) is 9.62 Å². The number of carbonyl (C=O) groups excluding carboxylic acids is 1. The van der Waals surface area contributed by atoms with Gasteiger partial charge in [-0.3, -0.25) is 9.69 Å². The molecule has 2 aliphatic rings. The molecule has 2 atom stereocenters. The minimum absolute atomic E-state index is 0.0821. The summed E-state index contributed by atoms with van der Waals surface area (Å²) >= 11 is 0. The summed E-state index contributed by atoms with van der Waals surface area (Å²) in [5, 5.41) is 0. The Labute approximate surface area is 193 Å². The number of ether oxygens (including phenoxy) is 1. The molecular formula is C24H28F2N2O4S. The van der Waals surface area contributed by atoms with Crippen molar-refractivity contribution in [1.29, 1.82) is 0 Å². The zero-order valence-electron chi connectivity index (χ0n) is 18.7. The molecule has 0 radical (unpaired) electrons. The Bertz CT molecular complexity index is 1130. The molecule has 0 spiro atoms. The molecule has 2 aromatic rings. The van der Waals surface area contributed by atoms with Gasteiger partial charge in [0.05, 0.1) is 11.8 Å². The fraction of sp³-hybridized carbons (Fsp3) is 0.458. The smallest absolute Gasteiger partial charge is 0.267 e. The Hall–Kier alpha value is -2.52. The normalized spacial score (nSPS) is 20.3. The first-order valence-electron chi connectivity index (χ1n) is 11.1. The van der Waals surface area contributed by atoms with Crippen molar-refractivity contribution >= 4 is 15.9 Å². The molecule has 4 rings (SSSR count). The summed E-state index contributed by atoms with van der Waals surface area (Å²) in [6, 6.07) is 9.18. The number of halogens is 2. The maximum Gasteiger partial charge on any atom is 0.267 e. The second-order valence-electron chi connectivity index (χ2n) is 8.95. The lowest BCUT2D eigenvalue weighted by atomic mass is 10.0. The van der Waals surface area contributed by atoms with Crippen LogP contribution in [-0.4, -0.2) is 44.7 Å². The van der Waals surface area contributed by atoms with E-state index in [4.69, 9.17) is 4.74 Å². The standard InChI is InChI=1S/C24H28F2N2O4S/c1-15(16-7-9-18(25)10-8-16)28-11-3-4-19(14-28)32-23-13-22(26)21(12-20(23)17-5-6-17)24(29)27-33(2,30)31/h7-10,12-13,15,17,19H,3-6,11,14H2,1-2H3,(H,27,29)/t15-,19?/m0/s1. The molecule has 9 heteroatoms. The maximum absolute atomic E-state index is 14.8. The van der Waals surface area contributed by atoms with Crippen LogP contribution in [-0.2, 0) is 10.0 Å². The summed E-state index contributed by atoms with van der Waals surface area (Å²) in [5.41, 5.74) is 1.45. The number of likely N-dealkylation sites (tertiary alicyclic amines) is 1. The molecule has 1 N–H and O–H groups in total. The van der Waals surface area contributed by atoms with E-state index < -0.39 is 21.7 Å². The molecule has 1 amide bonds. The van der Waals surface area contributed by atoms with Gasteiger partial charge in [-0.1, -0.05) is 12.1 Å². The molecule has 2 aromatic carbocycles. The molecule has 1 saturated heterocycles. The van der Waals surface area contributed by atoms with Crippen LogP contribution >= 0.6 is 0 Å². The number of amides is 1. The van der Waals surface area contributed by atoms with Crippen molar-refractivity contribution in [3.63, 3.8) is 0 Å². The Morgan fingerprint density at radius 1 is 1.15 bits per heavy atom. The van der Waals surface area contributed by atoms with Crippen molar-refractivity contribution in [2.45, 2.75) is 50.7 Å². The SMILES string of the molecule is C[C@@H](c1ccc(F)cc1)N1CCCC(Oc2cc(F)c(C(=O)NS(C)(=O)=O)cc2C2CC2)C1. The van der Waals surface area contributed by atoms with Crippen molar-refractivity contribution < 1.29 is 26.7 Å². The lowest BCUT2D eigenvalue weighted by molar-refractivity contribution is 0.0650. The van der Waals surface area contributed by atoms with E-state index in [0.717, 1.165) is 49.6 Å². The van der Waals surface area contributed by atoms with Crippen LogP contribution in [0.5, 0.6) is 5.75 Å². The average molecular weight is 479 g/mol. The van der Waals surface area contributed by atoms with Gasteiger partial charge in [-0.2, -0.15) is 0 Å². The van der Waals surface area contributed by atoms with Crippen LogP contribution in [0.4, 0.5) is 8.78 Å². The zero-order valence-corrected chi connectivity index (χ0v) is 19.5. The first kappa shape index (κ1) is 23.6. The van der Waals surface area contributed by atoms with Gasteiger partial charge in [-0.25, -0.2) is 21.9 Å². The van der Waals surface area contributed by atoms with Crippen molar-refractivity contribution in [3.8, 4) is 5.75 Å². The van der Waals surface area contributed by atoms with E-state index in [-0.39, 0.29) is 29.4 Å². The topological polar surface area (TPSA) is 75.7 Å². The number of rotatable bonds is 7. The van der Waals surface area contributed by atoms with Crippen LogP contribution in [0.25, 0.3) is 0 Å². The molecule has 0 aromatic heterocycles. The molecule has 178 valence electrons. The Morgan fingerprint density at radius 3 is 2.48 bits per heavy atom. The molecule has 1 saturated carbocycles. The molecule has 0 bridgehead atoms. The van der Waals surface area contributed by atoms with Crippen LogP contribution in [0.3, 0.4) is 0 Å². The van der Waals surface area contributed by atoms with Gasteiger partial charge < -0.3 is 4.74 Å². The van der Waals surface area contributed by atoms with Crippen LogP contribution in [0.2, 0.25) is 0 Å². The van der Waals surface area contributed by atoms with E-state index in [1.807, 2.05) is 4.72 Å². The molecule has 1 unspecified atom stereocenters. The van der Waals surface area contributed by atoms with Crippen molar-refractivity contribution in [2.24, 2.45) is 0 Å². The number of hydrogen-bond acceptors (Lipinski definition) is 5. The highest BCUT2D eigenvalue weighted by Crippen LogP contribution is 2.45. The number of nitrogens with one attached hydrogen (secondary N) is 1. The van der Waals surface area contributed by atoms with Gasteiger partial charge in [0.15, 0.2) is 0 Å². The van der Waals surface area contributed by atoms with Crippen LogP contribution in [0.1, 0.15) is 66.1 Å². The fourth-order valence-electron chi connectivity index (χ4n) is 4.33. The average Bonchev–Trinajstić information content (AvgIpc) is 3.58. The Morgan fingerprint density at radius 2 is 1.85 bits per heavy atom. The van der Waals surface area contributed by atoms with E-state index in [9.17, 15) is 22.0 Å². The number of piperidine rings is 1. The van der Waals surface area contributed by atoms with Crippen LogP contribution in [0.15, 0.2) is 36.4 Å². The highest BCUT2D eigenvalue weighted by Gasteiger charge is 2.32. The quantitative estimate of drug-likeness (QED) is 0.648. The van der Waals surface area contributed by atoms with Crippen molar-refractivity contribution in [3.05, 3.63) is 64.7 Å². The third kappa shape index (κ3) is 5.89. The third-order valence-electron chi connectivity index (χ3n) is 6.24. The van der Waals surface area contributed by atoms with Crippen LogP contribution < -0.4 is 9.46 Å². The number of hydrogen-bond donors (Lipinski definition) is 1. The van der Waals surface area contributed by atoms with Crippen LogP contribution in [0, 0.1) is 11.6 Å². The highest BCUT2D eigenvalue weighted by molar-refractivity contribution is 7.89. The molecule has 1 aliphatic heterocycles. The summed E-state index contributed by atoms with van der Waals surface area (Å²) < 4.78 is 58.9. The molecule has 1 aliphatic carbocycles. The summed E-state index contributed by atoms with van der Waals surface area (Å²) in [6.45, 7) is 3.59. The minimum Gasteiger partial charge on any atom is -0.489 e. The van der Waals surface area contributed by atoms with Gasteiger partial charge in [0.25, 0.3) is 5.91 Å². The second-order valence-corrected chi connectivity index (χ2v) is 10.7. The van der Waals surface area contributed by atoms with Gasteiger partial charge in [0, 0.05) is 18.7 Å². The summed E-state index contributed by atoms with van der Waals surface area (Å²) in [4.78, 5) is 14.5. The van der Waals surface area contributed by atoms with Crippen molar-refractivity contribution in [2.75, 3.05) is 19.3 Å². The summed E-state index contributed by atoms with van der Waals surface area (Å²) in [6.07, 6.45) is 4.24. The minimum atomic E-state index is -3.80. The molecule has 2 fully saturated rings. The van der Waals surface area contributed by atoms with Gasteiger partial charge >= 0.3 is 0 Å². The van der Waals surface area contributed by atoms with Gasteiger partial charge in [-0.05, 0) is 74.4 Å². The largest absolute Gasteiger partial charge is 0.489 e. The lowest BCUT2D eigenvalue weighted by Crippen LogP contribution is -2.42. The monoisotopic (exact) mass is 478 g/mol. The lowest BCUT2D eigenvalue weighted by Gasteiger charge is -2.37. The van der Waals surface area contributed by atoms with E-state index >= 15 is 0 Å². The predicted octanol–water partition coefficient (Wildman–Crippen LogP) is 4.14. The highest BCUT2D eigenvalue weighted by atomic mass is 32.2. The number of carbonyl (C=O) groups is 1. The van der Waals surface area contributed by atoms with E-state index in [0.29, 0.717) is 12.3 Å². The zero-order chi connectivity index (χ0) is 23.8. The van der Waals surface area contributed by atoms with Gasteiger partial charge in [0.1, 0.15) is 23.5 Å². The van der Waals surface area contributed by atoms with E-state index in [2.05, 4.69) is 11.8 Å². The molecule has 1 heterocycles. The number of nitrogens with zero attached hydrogens (tertiary/aromatic N) is 1. The van der Waals surface area contributed by atoms with Gasteiger partial charge in [0.2, 0.25) is 10.0 Å². The summed E-state index contributed by atoms with van der Waals surface area (Å²) in [7, 11) is -3.80. The molecule has 33 heavy (non-hydrogen) atoms. The molecular weight excluding hydrogens is 450 g/mol. The van der Waals surface area contributed by atoms with E-state index in [1.54, 1.807) is 12.1 Å². The third-order valence-corrected chi connectivity index (χ3v) is 6.80. The first-order valence-corrected chi connectivity index (χ1v) is 13.0. The Balaban J connectivity index is 1.51. The second kappa shape index (κ2) is 9.38. The maximum atomic E-state index is 14.8. The predicted molar refractivity (Wildman–Crippen MR) is 121 cm³/mol.